The van der Waals surface area contributed by atoms with Crippen molar-refractivity contribution in [3.63, 3.8) is 0 Å². The van der Waals surface area contributed by atoms with E-state index < -0.39 is 16.1 Å². The number of rotatable bonds is 4. The van der Waals surface area contributed by atoms with Crippen LogP contribution < -0.4 is 15.8 Å². The van der Waals surface area contributed by atoms with Crippen molar-refractivity contribution in [3.8, 4) is 0 Å². The summed E-state index contributed by atoms with van der Waals surface area (Å²) in [7, 11) is -3.75. The molecule has 0 bridgehead atoms. The lowest BCUT2D eigenvalue weighted by Crippen LogP contribution is -2.23. The molecular weight excluding hydrogens is 338 g/mol. The fraction of sp³-hybridized carbons (Fsp3) is 0. The number of sulfonamides is 1. The van der Waals surface area contributed by atoms with Gasteiger partial charge in [-0.3, -0.25) is 0 Å². The molecule has 8 heteroatoms. The Hall–Kier alpha value is -2.35. The summed E-state index contributed by atoms with van der Waals surface area (Å²) in [6.07, 6.45) is 3.16. The molecule has 23 heavy (non-hydrogen) atoms. The number of nitrogens with one attached hydrogen (secondary N) is 2. The number of benzene rings is 2. The van der Waals surface area contributed by atoms with E-state index in [-0.39, 0.29) is 4.90 Å². The summed E-state index contributed by atoms with van der Waals surface area (Å²) >= 11 is 5.85. The largest absolute Gasteiger partial charge is 0.323 e. The summed E-state index contributed by atoms with van der Waals surface area (Å²) in [6, 6.07) is 12.2. The molecule has 0 spiro atoms. The zero-order valence-electron chi connectivity index (χ0n) is 11.9. The second-order valence-corrected chi connectivity index (χ2v) is 6.55. The van der Waals surface area contributed by atoms with Crippen molar-refractivity contribution in [2.75, 3.05) is 5.32 Å². The van der Waals surface area contributed by atoms with Crippen LogP contribution in [0.4, 0.5) is 10.5 Å². The molecule has 2 aromatic carbocycles. The second-order valence-electron chi connectivity index (χ2n) is 4.56. The summed E-state index contributed by atoms with van der Waals surface area (Å²) in [6.45, 7) is 0. The number of hydrogen-bond donors (Lipinski definition) is 3. The van der Waals surface area contributed by atoms with Crippen molar-refractivity contribution in [3.05, 3.63) is 65.3 Å². The van der Waals surface area contributed by atoms with Crippen LogP contribution in [0.3, 0.4) is 0 Å². The Balaban J connectivity index is 1.92. The molecule has 0 heterocycles. The van der Waals surface area contributed by atoms with Crippen molar-refractivity contribution < 1.29 is 13.2 Å². The Morgan fingerprint density at radius 2 is 1.83 bits per heavy atom. The average molecular weight is 352 g/mol. The van der Waals surface area contributed by atoms with Gasteiger partial charge in [0.25, 0.3) is 0 Å². The van der Waals surface area contributed by atoms with Crippen LogP contribution in [-0.4, -0.2) is 14.4 Å². The summed E-state index contributed by atoms with van der Waals surface area (Å²) in [5.41, 5.74) is 1.28. The van der Waals surface area contributed by atoms with Gasteiger partial charge in [-0.05, 0) is 48.0 Å². The van der Waals surface area contributed by atoms with E-state index in [1.165, 1.54) is 30.5 Å². The molecule has 0 saturated heterocycles. The van der Waals surface area contributed by atoms with Crippen LogP contribution in [0.25, 0.3) is 6.08 Å². The Bertz CT molecular complexity index is 833. The van der Waals surface area contributed by atoms with Crippen LogP contribution >= 0.6 is 11.6 Å². The van der Waals surface area contributed by atoms with Gasteiger partial charge in [0.1, 0.15) is 0 Å². The van der Waals surface area contributed by atoms with E-state index in [9.17, 15) is 13.2 Å². The van der Waals surface area contributed by atoms with E-state index in [1.807, 2.05) is 6.07 Å². The van der Waals surface area contributed by atoms with Crippen molar-refractivity contribution in [1.82, 2.24) is 5.32 Å². The quantitative estimate of drug-likeness (QED) is 0.789. The van der Waals surface area contributed by atoms with Gasteiger partial charge >= 0.3 is 6.03 Å². The number of hydrogen-bond acceptors (Lipinski definition) is 3. The van der Waals surface area contributed by atoms with Gasteiger partial charge in [0.2, 0.25) is 10.0 Å². The monoisotopic (exact) mass is 351 g/mol. The number of primary sulfonamides is 1. The van der Waals surface area contributed by atoms with Crippen LogP contribution in [-0.2, 0) is 10.0 Å². The van der Waals surface area contributed by atoms with Crippen molar-refractivity contribution in [2.45, 2.75) is 4.90 Å². The van der Waals surface area contributed by atoms with E-state index in [4.69, 9.17) is 16.7 Å². The lowest BCUT2D eigenvalue weighted by molar-refractivity contribution is 0.255. The summed E-state index contributed by atoms with van der Waals surface area (Å²) in [5.74, 6) is 0. The van der Waals surface area contributed by atoms with Crippen molar-refractivity contribution in [1.29, 1.82) is 0 Å². The molecule has 0 aliphatic rings. The molecule has 120 valence electrons. The highest BCUT2D eigenvalue weighted by Gasteiger charge is 2.07. The summed E-state index contributed by atoms with van der Waals surface area (Å²) in [4.78, 5) is 11.7. The standard InChI is InChI=1S/C15H14ClN3O3S/c16-12-3-1-2-11(10-12)8-9-18-15(20)19-13-4-6-14(7-5-13)23(17,21)22/h1-10H,(H2,17,21,22)(H2,18,19,20)/b9-8+. The molecule has 0 fully saturated rings. The Kier molecular flexibility index (Phi) is 5.38. The first-order chi connectivity index (χ1) is 10.8. The first-order valence-corrected chi connectivity index (χ1v) is 8.39. The zero-order chi connectivity index (χ0) is 16.9. The number of amides is 2. The van der Waals surface area contributed by atoms with Crippen LogP contribution in [0.5, 0.6) is 0 Å². The van der Waals surface area contributed by atoms with E-state index >= 15 is 0 Å². The molecule has 2 rings (SSSR count). The molecule has 0 aliphatic carbocycles. The van der Waals surface area contributed by atoms with Crippen molar-refractivity contribution in [2.24, 2.45) is 5.14 Å². The average Bonchev–Trinajstić information content (AvgIpc) is 2.47. The third-order valence-corrected chi connectivity index (χ3v) is 3.94. The maximum Gasteiger partial charge on any atom is 0.323 e. The fourth-order valence-corrected chi connectivity index (χ4v) is 2.43. The molecule has 0 aliphatic heterocycles. The van der Waals surface area contributed by atoms with E-state index in [0.29, 0.717) is 10.7 Å². The minimum atomic E-state index is -3.75. The number of nitrogens with two attached hydrogens (primary N) is 1. The Morgan fingerprint density at radius 1 is 1.13 bits per heavy atom. The molecule has 0 saturated carbocycles. The number of carbonyl (C=O) groups excluding carboxylic acids is 1. The molecular formula is C15H14ClN3O3S. The third kappa shape index (κ3) is 5.41. The van der Waals surface area contributed by atoms with Crippen LogP contribution in [0.15, 0.2) is 59.6 Å². The molecule has 0 aromatic heterocycles. The SMILES string of the molecule is NS(=O)(=O)c1ccc(NC(=O)N/C=C/c2cccc(Cl)c2)cc1. The first kappa shape index (κ1) is 17.0. The Morgan fingerprint density at radius 3 is 2.43 bits per heavy atom. The lowest BCUT2D eigenvalue weighted by Gasteiger charge is -2.05. The number of anilines is 1. The predicted octanol–water partition coefficient (Wildman–Crippen LogP) is 2.78. The number of carbonyl (C=O) groups is 1. The Labute approximate surface area is 139 Å². The second kappa shape index (κ2) is 7.28. The molecule has 0 unspecified atom stereocenters. The lowest BCUT2D eigenvalue weighted by atomic mass is 10.2. The number of urea groups is 1. The van der Waals surface area contributed by atoms with Crippen molar-refractivity contribution >= 4 is 39.4 Å². The predicted molar refractivity (Wildman–Crippen MR) is 90.5 cm³/mol. The third-order valence-electron chi connectivity index (χ3n) is 2.78. The van der Waals surface area contributed by atoms with Crippen LogP contribution in [0.2, 0.25) is 5.02 Å². The van der Waals surface area contributed by atoms with Gasteiger partial charge in [0, 0.05) is 16.9 Å². The van der Waals surface area contributed by atoms with Gasteiger partial charge in [-0.2, -0.15) is 0 Å². The summed E-state index contributed by atoms with van der Waals surface area (Å²) < 4.78 is 22.3. The topological polar surface area (TPSA) is 101 Å². The van der Waals surface area contributed by atoms with Crippen LogP contribution in [0, 0.1) is 0 Å². The molecule has 2 aromatic rings. The highest BCUT2D eigenvalue weighted by Crippen LogP contribution is 2.13. The van der Waals surface area contributed by atoms with Gasteiger partial charge in [-0.25, -0.2) is 18.4 Å². The van der Waals surface area contributed by atoms with Gasteiger partial charge in [-0.15, -0.1) is 0 Å². The normalized spacial score (nSPS) is 11.4. The van der Waals surface area contributed by atoms with E-state index in [2.05, 4.69) is 10.6 Å². The van der Waals surface area contributed by atoms with Gasteiger partial charge in [-0.1, -0.05) is 23.7 Å². The van der Waals surface area contributed by atoms with Gasteiger partial charge in [0.15, 0.2) is 0 Å². The molecule has 0 radical (unpaired) electrons. The minimum Gasteiger partial charge on any atom is -0.314 e. The highest BCUT2D eigenvalue weighted by atomic mass is 35.5. The van der Waals surface area contributed by atoms with E-state index in [1.54, 1.807) is 24.3 Å². The molecule has 6 nitrogen and oxygen atoms in total. The fourth-order valence-electron chi connectivity index (χ4n) is 1.72. The van der Waals surface area contributed by atoms with Crippen LogP contribution in [0.1, 0.15) is 5.56 Å². The molecule has 0 atom stereocenters. The molecule has 2 amide bonds. The number of halogens is 1. The van der Waals surface area contributed by atoms with Gasteiger partial charge in [0.05, 0.1) is 4.90 Å². The first-order valence-electron chi connectivity index (χ1n) is 6.47. The van der Waals surface area contributed by atoms with E-state index in [0.717, 1.165) is 5.56 Å². The van der Waals surface area contributed by atoms with Gasteiger partial charge < -0.3 is 10.6 Å². The summed E-state index contributed by atoms with van der Waals surface area (Å²) in [5, 5.41) is 10.7. The highest BCUT2D eigenvalue weighted by molar-refractivity contribution is 7.89. The zero-order valence-corrected chi connectivity index (χ0v) is 13.4. The molecule has 4 N–H and O–H groups in total. The minimum absolute atomic E-state index is 0.0238. The smallest absolute Gasteiger partial charge is 0.314 e. The maximum atomic E-state index is 11.7. The maximum absolute atomic E-state index is 11.7.